The van der Waals surface area contributed by atoms with E-state index in [-0.39, 0.29) is 0 Å². The van der Waals surface area contributed by atoms with Gasteiger partial charge in [-0.25, -0.2) is 0 Å². The normalized spacial score (nSPS) is 12.0. The average molecular weight is 864 g/mol. The zero-order valence-corrected chi connectivity index (χ0v) is 36.7. The van der Waals surface area contributed by atoms with Gasteiger partial charge in [0.15, 0.2) is 0 Å². The van der Waals surface area contributed by atoms with E-state index in [1.807, 2.05) is 22.7 Å². The highest BCUT2D eigenvalue weighted by atomic mass is 32.1. The van der Waals surface area contributed by atoms with Gasteiger partial charge in [0.25, 0.3) is 0 Å². The van der Waals surface area contributed by atoms with Crippen molar-refractivity contribution in [1.29, 1.82) is 0 Å². The van der Waals surface area contributed by atoms with Crippen molar-refractivity contribution < 1.29 is 0 Å². The maximum atomic E-state index is 2.45. The molecule has 5 heteroatoms. The number of fused-ring (bicyclic) bond motifs is 12. The number of hydrogen-bond acceptors (Lipinski definition) is 3. The number of rotatable bonds is 6. The Morgan fingerprint density at radius 3 is 1.49 bits per heavy atom. The third kappa shape index (κ3) is 5.59. The minimum Gasteiger partial charge on any atom is -0.310 e. The first-order valence-corrected chi connectivity index (χ1v) is 23.7. The number of para-hydroxylation sites is 3. The van der Waals surface area contributed by atoms with Crippen molar-refractivity contribution in [1.82, 2.24) is 9.13 Å². The second-order valence-electron chi connectivity index (χ2n) is 16.9. The lowest BCUT2D eigenvalue weighted by Crippen LogP contribution is -2.10. The van der Waals surface area contributed by atoms with Crippen LogP contribution in [0.15, 0.2) is 224 Å². The lowest BCUT2D eigenvalue weighted by Gasteiger charge is -2.26. The van der Waals surface area contributed by atoms with Crippen LogP contribution in [0.4, 0.5) is 17.1 Å². The van der Waals surface area contributed by atoms with Crippen LogP contribution in [0.3, 0.4) is 0 Å². The summed E-state index contributed by atoms with van der Waals surface area (Å²) in [5.41, 5.74) is 12.9. The van der Waals surface area contributed by atoms with Crippen LogP contribution in [0.2, 0.25) is 0 Å². The highest BCUT2D eigenvalue weighted by molar-refractivity contribution is 7.26. The van der Waals surface area contributed by atoms with Crippen molar-refractivity contribution in [2.24, 2.45) is 0 Å². The molecule has 0 fully saturated rings. The SMILES string of the molecule is c1ccc(-n2c3ccccc3c3cc(N(c4ccc(-c5cccc6c5sc5ccccc56)cc4)c4ccc5c(c4)c4cc6sc7ccccc7c6cc4n5-c4ccccc4)ccc32)cc1. The van der Waals surface area contributed by atoms with Crippen LogP contribution in [0.5, 0.6) is 0 Å². The molecule has 0 saturated heterocycles. The van der Waals surface area contributed by atoms with Gasteiger partial charge in [0, 0.05) is 90.3 Å². The molecule has 4 heterocycles. The molecule has 0 saturated carbocycles. The fourth-order valence-corrected chi connectivity index (χ4v) is 12.8. The summed E-state index contributed by atoms with van der Waals surface area (Å²) in [5.74, 6) is 0. The van der Waals surface area contributed by atoms with Crippen LogP contribution < -0.4 is 4.90 Å². The van der Waals surface area contributed by atoms with Crippen molar-refractivity contribution in [3.8, 4) is 22.5 Å². The van der Waals surface area contributed by atoms with Crippen LogP contribution >= 0.6 is 22.7 Å². The largest absolute Gasteiger partial charge is 0.310 e. The van der Waals surface area contributed by atoms with Crippen molar-refractivity contribution >= 4 is 124 Å². The molecule has 304 valence electrons. The van der Waals surface area contributed by atoms with E-state index in [0.717, 1.165) is 28.4 Å². The zero-order valence-electron chi connectivity index (χ0n) is 35.0. The van der Waals surface area contributed by atoms with Gasteiger partial charge in [0.05, 0.1) is 22.1 Å². The van der Waals surface area contributed by atoms with E-state index in [1.54, 1.807) is 0 Å². The van der Waals surface area contributed by atoms with Crippen molar-refractivity contribution in [2.45, 2.75) is 0 Å². The zero-order chi connectivity index (χ0) is 42.6. The molecule has 0 radical (unpaired) electrons. The molecule has 14 aromatic rings. The highest BCUT2D eigenvalue weighted by Gasteiger charge is 2.21. The van der Waals surface area contributed by atoms with E-state index in [0.29, 0.717) is 0 Å². The molecule has 10 aromatic carbocycles. The Morgan fingerprint density at radius 1 is 0.292 bits per heavy atom. The Kier molecular flexibility index (Phi) is 8.02. The second-order valence-corrected chi connectivity index (χ2v) is 19.0. The predicted octanol–water partition coefficient (Wildman–Crippen LogP) is 17.8. The van der Waals surface area contributed by atoms with Gasteiger partial charge < -0.3 is 14.0 Å². The molecular formula is C60H37N3S2. The quantitative estimate of drug-likeness (QED) is 0.162. The Hall–Kier alpha value is -7.96. The molecule has 0 unspecified atom stereocenters. The Bertz CT molecular complexity index is 4170. The van der Waals surface area contributed by atoms with Crippen molar-refractivity contribution in [3.63, 3.8) is 0 Å². The molecule has 0 atom stereocenters. The fourth-order valence-electron chi connectivity index (χ4n) is 10.4. The molecule has 14 rings (SSSR count). The summed E-state index contributed by atoms with van der Waals surface area (Å²) in [5, 5.41) is 10.2. The molecule has 65 heavy (non-hydrogen) atoms. The lowest BCUT2D eigenvalue weighted by atomic mass is 10.0. The van der Waals surface area contributed by atoms with E-state index in [4.69, 9.17) is 0 Å². The molecule has 0 bridgehead atoms. The standard InChI is InChI=1S/C60H37N3S2/c1-3-14-39(15-4-1)62-53-23-10-7-18-45(53)49-34-42(30-32-54(49)62)61(41-28-26-38(27-29-41)44-21-13-22-48-46-19-8-12-25-58(46)65-60(44)48)43-31-33-55-50(35-43)51-37-59-52(47-20-9-11-24-57(47)64-59)36-56(51)63(55)40-16-5-2-6-17-40/h1-37H. The Balaban J connectivity index is 1.00. The third-order valence-electron chi connectivity index (χ3n) is 13.3. The van der Waals surface area contributed by atoms with Gasteiger partial charge in [0.1, 0.15) is 0 Å². The first-order chi connectivity index (χ1) is 32.2. The summed E-state index contributed by atoms with van der Waals surface area (Å²) in [6, 6.07) is 82.7. The maximum Gasteiger partial charge on any atom is 0.0548 e. The Morgan fingerprint density at radius 2 is 0.800 bits per heavy atom. The van der Waals surface area contributed by atoms with Crippen molar-refractivity contribution in [3.05, 3.63) is 224 Å². The van der Waals surface area contributed by atoms with Gasteiger partial charge in [-0.2, -0.15) is 0 Å². The molecular weight excluding hydrogens is 827 g/mol. The smallest absolute Gasteiger partial charge is 0.0548 e. The number of aromatic nitrogens is 2. The summed E-state index contributed by atoms with van der Waals surface area (Å²) in [4.78, 5) is 2.45. The fraction of sp³-hybridized carbons (Fsp3) is 0. The second kappa shape index (κ2) is 14.3. The molecule has 3 nitrogen and oxygen atoms in total. The monoisotopic (exact) mass is 863 g/mol. The van der Waals surface area contributed by atoms with Crippen LogP contribution in [0.1, 0.15) is 0 Å². The lowest BCUT2D eigenvalue weighted by molar-refractivity contribution is 1.18. The van der Waals surface area contributed by atoms with E-state index in [1.165, 1.54) is 95.1 Å². The maximum absolute atomic E-state index is 2.45. The first-order valence-electron chi connectivity index (χ1n) is 22.1. The van der Waals surface area contributed by atoms with Gasteiger partial charge in [-0.05, 0) is 114 Å². The minimum atomic E-state index is 1.10. The van der Waals surface area contributed by atoms with Crippen LogP contribution in [-0.2, 0) is 0 Å². The van der Waals surface area contributed by atoms with Crippen molar-refractivity contribution in [2.75, 3.05) is 4.90 Å². The van der Waals surface area contributed by atoms with E-state index < -0.39 is 0 Å². The summed E-state index contributed by atoms with van der Waals surface area (Å²) in [6.07, 6.45) is 0. The number of anilines is 3. The molecule has 0 aliphatic heterocycles. The number of benzene rings is 10. The summed E-state index contributed by atoms with van der Waals surface area (Å²) < 4.78 is 10.1. The Labute approximate surface area is 382 Å². The van der Waals surface area contributed by atoms with Gasteiger partial charge in [-0.3, -0.25) is 0 Å². The third-order valence-corrected chi connectivity index (χ3v) is 15.6. The van der Waals surface area contributed by atoms with E-state index >= 15 is 0 Å². The van der Waals surface area contributed by atoms with Crippen LogP contribution in [0.25, 0.3) is 106 Å². The van der Waals surface area contributed by atoms with Crippen LogP contribution in [-0.4, -0.2) is 9.13 Å². The molecule has 0 aliphatic carbocycles. The molecule has 0 aliphatic rings. The van der Waals surface area contributed by atoms with Crippen LogP contribution in [0, 0.1) is 0 Å². The summed E-state index contributed by atoms with van der Waals surface area (Å²) in [6.45, 7) is 0. The first kappa shape index (κ1) is 36.5. The van der Waals surface area contributed by atoms with E-state index in [2.05, 4.69) is 238 Å². The van der Waals surface area contributed by atoms with Gasteiger partial charge >= 0.3 is 0 Å². The molecule has 4 aromatic heterocycles. The van der Waals surface area contributed by atoms with Gasteiger partial charge in [-0.15, -0.1) is 22.7 Å². The molecule has 0 spiro atoms. The molecule has 0 amide bonds. The molecule has 0 N–H and O–H groups in total. The number of nitrogens with zero attached hydrogens (tertiary/aromatic N) is 3. The predicted molar refractivity (Wildman–Crippen MR) is 281 cm³/mol. The van der Waals surface area contributed by atoms with Gasteiger partial charge in [-0.1, -0.05) is 121 Å². The number of thiophene rings is 2. The van der Waals surface area contributed by atoms with Gasteiger partial charge in [0.2, 0.25) is 0 Å². The van der Waals surface area contributed by atoms with E-state index in [9.17, 15) is 0 Å². The summed E-state index contributed by atoms with van der Waals surface area (Å²) >= 11 is 3.76. The summed E-state index contributed by atoms with van der Waals surface area (Å²) in [7, 11) is 0. The number of hydrogen-bond donors (Lipinski definition) is 0. The minimum absolute atomic E-state index is 1.10. The highest BCUT2D eigenvalue weighted by Crippen LogP contribution is 2.46. The average Bonchev–Trinajstić information content (AvgIpc) is 4.11. The topological polar surface area (TPSA) is 13.1 Å².